The van der Waals surface area contributed by atoms with Crippen LogP contribution in [-0.4, -0.2) is 13.0 Å². The van der Waals surface area contributed by atoms with Crippen LogP contribution in [-0.2, 0) is 4.79 Å². The highest BCUT2D eigenvalue weighted by Gasteiger charge is 2.23. The van der Waals surface area contributed by atoms with E-state index in [2.05, 4.69) is 33.2 Å². The topological polar surface area (TPSA) is 41.1 Å². The second-order valence-electron chi connectivity index (χ2n) is 4.57. The molecular weight excluding hydrogens is 363 g/mol. The summed E-state index contributed by atoms with van der Waals surface area (Å²) in [6.07, 6.45) is 1.93. The van der Waals surface area contributed by atoms with Gasteiger partial charge < -0.3 is 10.6 Å². The van der Waals surface area contributed by atoms with E-state index < -0.39 is 0 Å². The van der Waals surface area contributed by atoms with E-state index in [0.717, 1.165) is 31.6 Å². The molecule has 2 aromatic carbocycles. The molecule has 100 valence electrons. The minimum atomic E-state index is -0.0420. The van der Waals surface area contributed by atoms with Crippen molar-refractivity contribution in [2.45, 2.75) is 0 Å². The van der Waals surface area contributed by atoms with E-state index in [-0.39, 0.29) is 5.91 Å². The van der Waals surface area contributed by atoms with E-state index in [1.54, 1.807) is 0 Å². The fourth-order valence-electron chi connectivity index (χ4n) is 2.22. The van der Waals surface area contributed by atoms with Crippen LogP contribution in [0.25, 0.3) is 11.6 Å². The van der Waals surface area contributed by atoms with Gasteiger partial charge in [-0.25, -0.2) is 0 Å². The Kier molecular flexibility index (Phi) is 3.48. The highest BCUT2D eigenvalue weighted by atomic mass is 127. The predicted octanol–water partition coefficient (Wildman–Crippen LogP) is 3.83. The Bertz CT molecular complexity index is 705. The summed E-state index contributed by atoms with van der Waals surface area (Å²) in [6.45, 7) is 0. The van der Waals surface area contributed by atoms with Gasteiger partial charge in [-0.15, -0.1) is 0 Å². The number of hydrogen-bond donors (Lipinski definition) is 2. The van der Waals surface area contributed by atoms with Crippen molar-refractivity contribution in [3.05, 3.63) is 57.2 Å². The maximum atomic E-state index is 12.1. The summed E-state index contributed by atoms with van der Waals surface area (Å²) in [6, 6.07) is 14.0. The lowest BCUT2D eigenvalue weighted by Crippen LogP contribution is -2.03. The number of rotatable bonds is 2. The largest absolute Gasteiger partial charge is 0.388 e. The van der Waals surface area contributed by atoms with Crippen LogP contribution in [0.15, 0.2) is 42.5 Å². The van der Waals surface area contributed by atoms with Crippen molar-refractivity contribution < 1.29 is 4.79 Å². The van der Waals surface area contributed by atoms with Crippen LogP contribution in [0.1, 0.15) is 11.1 Å². The van der Waals surface area contributed by atoms with Gasteiger partial charge in [-0.2, -0.15) is 0 Å². The van der Waals surface area contributed by atoms with Crippen LogP contribution in [0.4, 0.5) is 11.4 Å². The van der Waals surface area contributed by atoms with Gasteiger partial charge in [0, 0.05) is 33.1 Å². The molecule has 0 saturated carbocycles. The number of fused-ring (bicyclic) bond motifs is 1. The van der Waals surface area contributed by atoms with Crippen molar-refractivity contribution in [1.82, 2.24) is 0 Å². The molecule has 0 aromatic heterocycles. The van der Waals surface area contributed by atoms with E-state index >= 15 is 0 Å². The number of carbonyl (C=O) groups is 1. The maximum absolute atomic E-state index is 12.1. The molecule has 1 amide bonds. The van der Waals surface area contributed by atoms with Gasteiger partial charge in [0.2, 0.25) is 0 Å². The molecule has 0 radical (unpaired) electrons. The van der Waals surface area contributed by atoms with Gasteiger partial charge in [-0.05, 0) is 64.6 Å². The second-order valence-corrected chi connectivity index (χ2v) is 5.82. The molecule has 3 nitrogen and oxygen atoms in total. The number of benzene rings is 2. The highest BCUT2D eigenvalue weighted by molar-refractivity contribution is 14.1. The number of amides is 1. The van der Waals surface area contributed by atoms with Crippen LogP contribution in [0.2, 0.25) is 0 Å². The zero-order valence-corrected chi connectivity index (χ0v) is 13.1. The molecule has 0 unspecified atom stereocenters. The van der Waals surface area contributed by atoms with Gasteiger partial charge in [0.15, 0.2) is 0 Å². The van der Waals surface area contributed by atoms with Crippen molar-refractivity contribution in [1.29, 1.82) is 0 Å². The van der Waals surface area contributed by atoms with Gasteiger partial charge in [-0.3, -0.25) is 4.79 Å². The van der Waals surface area contributed by atoms with E-state index in [1.165, 1.54) is 0 Å². The smallest absolute Gasteiger partial charge is 0.256 e. The molecule has 2 aromatic rings. The lowest BCUT2D eigenvalue weighted by atomic mass is 10.0. The maximum Gasteiger partial charge on any atom is 0.256 e. The van der Waals surface area contributed by atoms with Crippen molar-refractivity contribution in [3.8, 4) is 0 Å². The molecule has 20 heavy (non-hydrogen) atoms. The van der Waals surface area contributed by atoms with Crippen LogP contribution in [0, 0.1) is 3.57 Å². The highest BCUT2D eigenvalue weighted by Crippen LogP contribution is 2.34. The Hall–Kier alpha value is -1.82. The Labute approximate surface area is 131 Å². The lowest BCUT2D eigenvalue weighted by Gasteiger charge is -2.02. The standard InChI is InChI=1S/C16H13IN2O/c1-18-12-5-2-10(3-6-12)8-14-13-9-11(17)4-7-15(13)19-16(14)20/h2-9,18H,1H3,(H,19,20)/b14-8+. The predicted molar refractivity (Wildman–Crippen MR) is 91.6 cm³/mol. The SMILES string of the molecule is CNc1ccc(/C=C2/C(=O)Nc3ccc(I)cc32)cc1. The third-order valence-corrected chi connectivity index (χ3v) is 3.95. The quantitative estimate of drug-likeness (QED) is 0.618. The molecule has 1 heterocycles. The Morgan fingerprint density at radius 1 is 1.15 bits per heavy atom. The van der Waals surface area contributed by atoms with E-state index in [4.69, 9.17) is 0 Å². The summed E-state index contributed by atoms with van der Waals surface area (Å²) < 4.78 is 1.12. The van der Waals surface area contributed by atoms with E-state index in [1.807, 2.05) is 55.6 Å². The molecule has 2 N–H and O–H groups in total. The second kappa shape index (κ2) is 5.28. The summed E-state index contributed by atoms with van der Waals surface area (Å²) in [5.41, 5.74) is 4.64. The van der Waals surface area contributed by atoms with Crippen molar-refractivity contribution in [2.75, 3.05) is 17.7 Å². The number of anilines is 2. The van der Waals surface area contributed by atoms with Gasteiger partial charge in [0.05, 0.1) is 0 Å². The molecule has 0 bridgehead atoms. The molecule has 1 aliphatic rings. The summed E-state index contributed by atoms with van der Waals surface area (Å²) in [5, 5.41) is 5.97. The average molecular weight is 376 g/mol. The van der Waals surface area contributed by atoms with Gasteiger partial charge >= 0.3 is 0 Å². The number of nitrogens with one attached hydrogen (secondary N) is 2. The molecule has 4 heteroatoms. The molecule has 0 atom stereocenters. The molecule has 3 rings (SSSR count). The van der Waals surface area contributed by atoms with Crippen molar-refractivity contribution in [3.63, 3.8) is 0 Å². The van der Waals surface area contributed by atoms with Crippen molar-refractivity contribution >= 4 is 51.5 Å². The number of hydrogen-bond acceptors (Lipinski definition) is 2. The molecule has 0 fully saturated rings. The average Bonchev–Trinajstić information content (AvgIpc) is 2.76. The summed E-state index contributed by atoms with van der Waals surface area (Å²) in [5.74, 6) is -0.0420. The Morgan fingerprint density at radius 3 is 2.60 bits per heavy atom. The normalized spacial score (nSPS) is 15.1. The first kappa shape index (κ1) is 13.2. The Balaban J connectivity index is 2.03. The molecule has 0 aliphatic carbocycles. The first-order chi connectivity index (χ1) is 9.67. The van der Waals surface area contributed by atoms with Crippen LogP contribution in [0.3, 0.4) is 0 Å². The molecule has 1 aliphatic heterocycles. The zero-order chi connectivity index (χ0) is 14.1. The summed E-state index contributed by atoms with van der Waals surface area (Å²) in [4.78, 5) is 12.1. The summed E-state index contributed by atoms with van der Waals surface area (Å²) in [7, 11) is 1.88. The fraction of sp³-hybridized carbons (Fsp3) is 0.0625. The third-order valence-electron chi connectivity index (χ3n) is 3.27. The fourth-order valence-corrected chi connectivity index (χ4v) is 2.71. The number of halogens is 1. The van der Waals surface area contributed by atoms with Gasteiger partial charge in [-0.1, -0.05) is 12.1 Å². The van der Waals surface area contributed by atoms with Crippen LogP contribution < -0.4 is 10.6 Å². The van der Waals surface area contributed by atoms with Gasteiger partial charge in [0.25, 0.3) is 5.91 Å². The van der Waals surface area contributed by atoms with Crippen molar-refractivity contribution in [2.24, 2.45) is 0 Å². The zero-order valence-electron chi connectivity index (χ0n) is 10.9. The van der Waals surface area contributed by atoms with Crippen LogP contribution >= 0.6 is 22.6 Å². The number of carbonyl (C=O) groups excluding carboxylic acids is 1. The minimum Gasteiger partial charge on any atom is -0.388 e. The molecule has 0 saturated heterocycles. The van der Waals surface area contributed by atoms with Crippen LogP contribution in [0.5, 0.6) is 0 Å². The van der Waals surface area contributed by atoms with Gasteiger partial charge in [0.1, 0.15) is 0 Å². The van der Waals surface area contributed by atoms with E-state index in [9.17, 15) is 4.79 Å². The lowest BCUT2D eigenvalue weighted by molar-refractivity contribution is -0.110. The molecule has 0 spiro atoms. The minimum absolute atomic E-state index is 0.0420. The van der Waals surface area contributed by atoms with E-state index in [0.29, 0.717) is 0 Å². The first-order valence-corrected chi connectivity index (χ1v) is 7.36. The Morgan fingerprint density at radius 2 is 1.90 bits per heavy atom. The summed E-state index contributed by atoms with van der Waals surface area (Å²) >= 11 is 2.26. The monoisotopic (exact) mass is 376 g/mol. The molecular formula is C16H13IN2O. The third kappa shape index (κ3) is 2.43. The first-order valence-electron chi connectivity index (χ1n) is 6.28.